The molecule has 0 aliphatic carbocycles. The van der Waals surface area contributed by atoms with Crippen LogP contribution < -0.4 is 5.32 Å². The number of aryl methyl sites for hydroxylation is 1. The SMILES string of the molecule is Cc1ccn2nc(CC3CCCN3)nc2c1. The third-order valence-electron chi connectivity index (χ3n) is 3.13. The van der Waals surface area contributed by atoms with Crippen LogP contribution >= 0.6 is 0 Å². The van der Waals surface area contributed by atoms with Crippen molar-refractivity contribution in [2.75, 3.05) is 6.54 Å². The van der Waals surface area contributed by atoms with Crippen molar-refractivity contribution in [1.29, 1.82) is 0 Å². The molecule has 1 aliphatic heterocycles. The third kappa shape index (κ3) is 1.80. The molecule has 4 nitrogen and oxygen atoms in total. The zero-order valence-corrected chi connectivity index (χ0v) is 9.48. The van der Waals surface area contributed by atoms with Gasteiger partial charge in [0.25, 0.3) is 0 Å². The molecule has 1 atom stereocenters. The largest absolute Gasteiger partial charge is 0.314 e. The van der Waals surface area contributed by atoms with Gasteiger partial charge in [-0.1, -0.05) is 0 Å². The highest BCUT2D eigenvalue weighted by atomic mass is 15.3. The Bertz CT molecular complexity index is 497. The Kier molecular flexibility index (Phi) is 2.36. The van der Waals surface area contributed by atoms with Gasteiger partial charge >= 0.3 is 0 Å². The molecular formula is C12H16N4. The van der Waals surface area contributed by atoms with E-state index in [4.69, 9.17) is 0 Å². The lowest BCUT2D eigenvalue weighted by Gasteiger charge is -2.05. The monoisotopic (exact) mass is 216 g/mol. The maximum absolute atomic E-state index is 4.55. The fourth-order valence-electron chi connectivity index (χ4n) is 2.27. The van der Waals surface area contributed by atoms with E-state index in [9.17, 15) is 0 Å². The maximum Gasteiger partial charge on any atom is 0.155 e. The van der Waals surface area contributed by atoms with Crippen molar-refractivity contribution in [2.24, 2.45) is 0 Å². The molecule has 0 bridgehead atoms. The van der Waals surface area contributed by atoms with Crippen molar-refractivity contribution in [2.45, 2.75) is 32.2 Å². The number of hydrogen-bond acceptors (Lipinski definition) is 3. The van der Waals surface area contributed by atoms with E-state index in [-0.39, 0.29) is 0 Å². The summed E-state index contributed by atoms with van der Waals surface area (Å²) < 4.78 is 1.86. The summed E-state index contributed by atoms with van der Waals surface area (Å²) in [5.41, 5.74) is 2.18. The van der Waals surface area contributed by atoms with Gasteiger partial charge in [0, 0.05) is 18.7 Å². The topological polar surface area (TPSA) is 42.2 Å². The average molecular weight is 216 g/mol. The summed E-state index contributed by atoms with van der Waals surface area (Å²) in [7, 11) is 0. The van der Waals surface area contributed by atoms with Gasteiger partial charge in [0.1, 0.15) is 0 Å². The predicted octanol–water partition coefficient (Wildman–Crippen LogP) is 1.33. The lowest BCUT2D eigenvalue weighted by Crippen LogP contribution is -2.24. The van der Waals surface area contributed by atoms with E-state index in [1.165, 1.54) is 18.4 Å². The van der Waals surface area contributed by atoms with Gasteiger partial charge in [-0.05, 0) is 44.0 Å². The van der Waals surface area contributed by atoms with Gasteiger partial charge in [0.05, 0.1) is 0 Å². The van der Waals surface area contributed by atoms with Crippen molar-refractivity contribution in [3.63, 3.8) is 0 Å². The Balaban J connectivity index is 1.86. The van der Waals surface area contributed by atoms with Crippen LogP contribution in [0, 0.1) is 6.92 Å². The van der Waals surface area contributed by atoms with Crippen LogP contribution in [-0.2, 0) is 6.42 Å². The van der Waals surface area contributed by atoms with Gasteiger partial charge in [0.2, 0.25) is 0 Å². The lowest BCUT2D eigenvalue weighted by molar-refractivity contribution is 0.585. The van der Waals surface area contributed by atoms with E-state index in [1.54, 1.807) is 0 Å². The summed E-state index contributed by atoms with van der Waals surface area (Å²) in [5.74, 6) is 0.949. The van der Waals surface area contributed by atoms with E-state index in [0.717, 1.165) is 24.4 Å². The quantitative estimate of drug-likeness (QED) is 0.823. The number of nitrogens with one attached hydrogen (secondary N) is 1. The van der Waals surface area contributed by atoms with E-state index >= 15 is 0 Å². The second-order valence-electron chi connectivity index (χ2n) is 4.53. The van der Waals surface area contributed by atoms with Crippen LogP contribution in [0.1, 0.15) is 24.2 Å². The number of rotatable bonds is 2. The Morgan fingerprint density at radius 3 is 3.31 bits per heavy atom. The molecule has 2 aromatic heterocycles. The fraction of sp³-hybridized carbons (Fsp3) is 0.500. The molecule has 0 aromatic carbocycles. The first-order valence-corrected chi connectivity index (χ1v) is 5.86. The zero-order chi connectivity index (χ0) is 11.0. The normalized spacial score (nSPS) is 20.7. The number of nitrogens with zero attached hydrogens (tertiary/aromatic N) is 3. The summed E-state index contributed by atoms with van der Waals surface area (Å²) in [6, 6.07) is 4.69. The number of fused-ring (bicyclic) bond motifs is 1. The Hall–Kier alpha value is -1.42. The summed E-state index contributed by atoms with van der Waals surface area (Å²) in [4.78, 5) is 4.55. The van der Waals surface area contributed by atoms with Gasteiger partial charge in [-0.15, -0.1) is 0 Å². The number of hydrogen-bond donors (Lipinski definition) is 1. The highest BCUT2D eigenvalue weighted by Gasteiger charge is 2.16. The van der Waals surface area contributed by atoms with Crippen molar-refractivity contribution in [3.05, 3.63) is 29.7 Å². The third-order valence-corrected chi connectivity index (χ3v) is 3.13. The molecule has 1 aliphatic rings. The van der Waals surface area contributed by atoms with E-state index in [0.29, 0.717) is 6.04 Å². The molecule has 1 N–H and O–H groups in total. The van der Waals surface area contributed by atoms with Crippen molar-refractivity contribution in [1.82, 2.24) is 19.9 Å². The van der Waals surface area contributed by atoms with Gasteiger partial charge in [-0.3, -0.25) is 0 Å². The Labute approximate surface area is 94.7 Å². The summed E-state index contributed by atoms with van der Waals surface area (Å²) in [6.07, 6.45) is 5.44. The van der Waals surface area contributed by atoms with Crippen LogP contribution in [-0.4, -0.2) is 27.2 Å². The highest BCUT2D eigenvalue weighted by molar-refractivity contribution is 5.40. The molecule has 3 rings (SSSR count). The molecule has 1 saturated heterocycles. The molecule has 84 valence electrons. The lowest BCUT2D eigenvalue weighted by atomic mass is 10.1. The summed E-state index contributed by atoms with van der Waals surface area (Å²) in [5, 5.41) is 7.95. The van der Waals surface area contributed by atoms with Crippen LogP contribution in [0.25, 0.3) is 5.65 Å². The van der Waals surface area contributed by atoms with Gasteiger partial charge in [0.15, 0.2) is 11.5 Å². The van der Waals surface area contributed by atoms with Gasteiger partial charge in [-0.25, -0.2) is 9.50 Å². The second-order valence-corrected chi connectivity index (χ2v) is 4.53. The molecule has 16 heavy (non-hydrogen) atoms. The maximum atomic E-state index is 4.55. The summed E-state index contributed by atoms with van der Waals surface area (Å²) >= 11 is 0. The van der Waals surface area contributed by atoms with Gasteiger partial charge in [-0.2, -0.15) is 5.10 Å². The van der Waals surface area contributed by atoms with Gasteiger partial charge < -0.3 is 5.32 Å². The Morgan fingerprint density at radius 2 is 2.50 bits per heavy atom. The molecule has 1 fully saturated rings. The molecule has 3 heterocycles. The standard InChI is InChI=1S/C12H16N4/c1-9-4-6-16-12(7-9)14-11(15-16)8-10-3-2-5-13-10/h4,6-7,10,13H,2-3,5,8H2,1H3. The highest BCUT2D eigenvalue weighted by Crippen LogP contribution is 2.11. The average Bonchev–Trinajstić information content (AvgIpc) is 2.86. The van der Waals surface area contributed by atoms with Crippen molar-refractivity contribution < 1.29 is 0 Å². The molecule has 1 unspecified atom stereocenters. The minimum absolute atomic E-state index is 0.568. The molecular weight excluding hydrogens is 200 g/mol. The van der Waals surface area contributed by atoms with Crippen molar-refractivity contribution in [3.8, 4) is 0 Å². The molecule has 4 heteroatoms. The van der Waals surface area contributed by atoms with Crippen LogP contribution in [0.2, 0.25) is 0 Å². The molecule has 0 radical (unpaired) electrons. The fourth-order valence-corrected chi connectivity index (χ4v) is 2.27. The first kappa shape index (κ1) is 9.78. The predicted molar refractivity (Wildman–Crippen MR) is 62.5 cm³/mol. The summed E-state index contributed by atoms with van der Waals surface area (Å²) in [6.45, 7) is 3.21. The smallest absolute Gasteiger partial charge is 0.155 e. The van der Waals surface area contributed by atoms with E-state index < -0.39 is 0 Å². The minimum atomic E-state index is 0.568. The molecule has 2 aromatic rings. The van der Waals surface area contributed by atoms with E-state index in [2.05, 4.69) is 34.5 Å². The first-order chi connectivity index (χ1) is 7.81. The van der Waals surface area contributed by atoms with Crippen LogP contribution in [0.15, 0.2) is 18.3 Å². The minimum Gasteiger partial charge on any atom is -0.314 e. The zero-order valence-electron chi connectivity index (χ0n) is 9.48. The number of pyridine rings is 1. The molecule has 0 amide bonds. The Morgan fingerprint density at radius 1 is 1.56 bits per heavy atom. The number of aromatic nitrogens is 3. The van der Waals surface area contributed by atoms with Crippen molar-refractivity contribution >= 4 is 5.65 Å². The first-order valence-electron chi connectivity index (χ1n) is 5.86. The molecule has 0 saturated carbocycles. The second kappa shape index (κ2) is 3.87. The molecule has 0 spiro atoms. The van der Waals surface area contributed by atoms with Crippen LogP contribution in [0.5, 0.6) is 0 Å². The van der Waals surface area contributed by atoms with Crippen LogP contribution in [0.4, 0.5) is 0 Å². The van der Waals surface area contributed by atoms with Crippen LogP contribution in [0.3, 0.4) is 0 Å². The van der Waals surface area contributed by atoms with E-state index in [1.807, 2.05) is 10.7 Å².